The van der Waals surface area contributed by atoms with Gasteiger partial charge in [0.2, 0.25) is 0 Å². The van der Waals surface area contributed by atoms with Crippen LogP contribution in [0.3, 0.4) is 0 Å². The number of carboxylic acid groups (broad SMARTS) is 1. The first-order valence-electron chi connectivity index (χ1n) is 7.75. The number of nitrogens with one attached hydrogen (secondary N) is 1. The molecule has 2 aromatic rings. The Hall–Kier alpha value is -3.43. The smallest absolute Gasteiger partial charge is 0.408 e. The Morgan fingerprint density at radius 3 is 2.46 bits per heavy atom. The fraction of sp³-hybridized carbons (Fsp3) is 0.312. The lowest BCUT2D eigenvalue weighted by Crippen LogP contribution is -2.40. The summed E-state index contributed by atoms with van der Waals surface area (Å²) in [7, 11) is 1.69. The van der Waals surface area contributed by atoms with Crippen LogP contribution in [0.4, 0.5) is 16.3 Å². The van der Waals surface area contributed by atoms with Crippen molar-refractivity contribution in [2.45, 2.75) is 25.9 Å². The summed E-state index contributed by atoms with van der Waals surface area (Å²) in [5.41, 5.74) is 0.690. The molecule has 10 nitrogen and oxygen atoms in total. The minimum atomic E-state index is -1.06. The SMILES string of the molecule is Cn1nc(NC(=O)c2ccc([N+](=O)[O-])cc2)c2c1C(C)(C)N(C(=O)O)C2. The van der Waals surface area contributed by atoms with Crippen LogP contribution in [0.25, 0.3) is 0 Å². The van der Waals surface area contributed by atoms with Gasteiger partial charge in [0.1, 0.15) is 0 Å². The number of hydrogen-bond acceptors (Lipinski definition) is 5. The first-order valence-corrected chi connectivity index (χ1v) is 7.75. The molecule has 10 heteroatoms. The van der Waals surface area contributed by atoms with Crippen LogP contribution >= 0.6 is 0 Å². The summed E-state index contributed by atoms with van der Waals surface area (Å²) in [6.07, 6.45) is -1.06. The second-order valence-corrected chi connectivity index (χ2v) is 6.49. The standard InChI is InChI=1S/C16H17N5O5/c1-16(2)12-11(8-20(16)15(23)24)13(18-19(12)3)17-14(22)9-4-6-10(7-5-9)21(25)26/h4-7H,8H2,1-3H3,(H,23,24)(H,17,18,22). The zero-order valence-electron chi connectivity index (χ0n) is 14.4. The van der Waals surface area contributed by atoms with E-state index in [0.717, 1.165) is 0 Å². The average molecular weight is 359 g/mol. The van der Waals surface area contributed by atoms with E-state index in [2.05, 4.69) is 10.4 Å². The molecule has 1 aliphatic heterocycles. The normalized spacial score (nSPS) is 14.8. The van der Waals surface area contributed by atoms with Gasteiger partial charge in [-0.2, -0.15) is 5.10 Å². The molecule has 2 amide bonds. The van der Waals surface area contributed by atoms with Crippen molar-refractivity contribution in [2.24, 2.45) is 7.05 Å². The van der Waals surface area contributed by atoms with Crippen LogP contribution < -0.4 is 5.32 Å². The number of fused-ring (bicyclic) bond motifs is 1. The summed E-state index contributed by atoms with van der Waals surface area (Å²) < 4.78 is 1.56. The number of rotatable bonds is 3. The summed E-state index contributed by atoms with van der Waals surface area (Å²) in [5.74, 6) is -0.199. The number of benzene rings is 1. The van der Waals surface area contributed by atoms with Gasteiger partial charge in [0.15, 0.2) is 5.82 Å². The lowest BCUT2D eigenvalue weighted by atomic mass is 10.0. The Kier molecular flexibility index (Phi) is 3.90. The van der Waals surface area contributed by atoms with Gasteiger partial charge in [-0.15, -0.1) is 0 Å². The predicted octanol–water partition coefficient (Wildman–Crippen LogP) is 2.31. The van der Waals surface area contributed by atoms with Crippen molar-refractivity contribution in [1.82, 2.24) is 14.7 Å². The van der Waals surface area contributed by atoms with E-state index >= 15 is 0 Å². The zero-order chi connectivity index (χ0) is 19.2. The molecule has 1 aromatic heterocycles. The van der Waals surface area contributed by atoms with Crippen LogP contribution in [0, 0.1) is 10.1 Å². The quantitative estimate of drug-likeness (QED) is 0.639. The minimum absolute atomic E-state index is 0.112. The van der Waals surface area contributed by atoms with Gasteiger partial charge in [-0.1, -0.05) is 0 Å². The van der Waals surface area contributed by atoms with Crippen molar-refractivity contribution in [1.29, 1.82) is 0 Å². The molecule has 3 rings (SSSR count). The maximum Gasteiger partial charge on any atom is 0.408 e. The molecule has 0 fully saturated rings. The molecule has 2 N–H and O–H groups in total. The maximum atomic E-state index is 12.4. The number of carbonyl (C=O) groups excluding carboxylic acids is 1. The predicted molar refractivity (Wildman–Crippen MR) is 90.9 cm³/mol. The monoisotopic (exact) mass is 359 g/mol. The summed E-state index contributed by atoms with van der Waals surface area (Å²) in [6, 6.07) is 5.19. The highest BCUT2D eigenvalue weighted by atomic mass is 16.6. The highest BCUT2D eigenvalue weighted by molar-refractivity contribution is 6.04. The molecular weight excluding hydrogens is 342 g/mol. The molecule has 26 heavy (non-hydrogen) atoms. The van der Waals surface area contributed by atoms with Crippen LogP contribution in [0.5, 0.6) is 0 Å². The second kappa shape index (κ2) is 5.83. The number of non-ortho nitro benzene ring substituents is 1. The number of nitro benzene ring substituents is 1. The van der Waals surface area contributed by atoms with Crippen LogP contribution in [0.15, 0.2) is 24.3 Å². The molecule has 0 bridgehead atoms. The van der Waals surface area contributed by atoms with Gasteiger partial charge in [-0.25, -0.2) is 4.79 Å². The zero-order valence-corrected chi connectivity index (χ0v) is 14.4. The number of nitro groups is 1. The molecule has 1 aromatic carbocycles. The van der Waals surface area contributed by atoms with Crippen LogP contribution in [-0.4, -0.2) is 36.7 Å². The van der Waals surface area contributed by atoms with E-state index in [1.807, 2.05) is 0 Å². The van der Waals surface area contributed by atoms with E-state index < -0.39 is 22.5 Å². The average Bonchev–Trinajstić information content (AvgIpc) is 3.03. The molecule has 2 heterocycles. The van der Waals surface area contributed by atoms with E-state index in [9.17, 15) is 24.8 Å². The highest BCUT2D eigenvalue weighted by Crippen LogP contribution is 2.41. The van der Waals surface area contributed by atoms with Crippen molar-refractivity contribution < 1.29 is 19.6 Å². The summed E-state index contributed by atoms with van der Waals surface area (Å²) >= 11 is 0. The lowest BCUT2D eigenvalue weighted by molar-refractivity contribution is -0.384. The number of aromatic nitrogens is 2. The summed E-state index contributed by atoms with van der Waals surface area (Å²) in [4.78, 5) is 35.3. The van der Waals surface area contributed by atoms with Crippen molar-refractivity contribution in [3.8, 4) is 0 Å². The molecule has 0 aliphatic carbocycles. The minimum Gasteiger partial charge on any atom is -0.465 e. The van der Waals surface area contributed by atoms with Crippen molar-refractivity contribution >= 4 is 23.5 Å². The molecule has 136 valence electrons. The first kappa shape index (κ1) is 17.4. The Morgan fingerprint density at radius 2 is 1.92 bits per heavy atom. The fourth-order valence-electron chi connectivity index (χ4n) is 3.29. The number of carbonyl (C=O) groups is 2. The van der Waals surface area contributed by atoms with Crippen LogP contribution in [0.2, 0.25) is 0 Å². The Balaban J connectivity index is 1.89. The van der Waals surface area contributed by atoms with Crippen molar-refractivity contribution in [3.05, 3.63) is 51.2 Å². The molecule has 0 saturated carbocycles. The van der Waals surface area contributed by atoms with E-state index in [4.69, 9.17) is 0 Å². The van der Waals surface area contributed by atoms with Crippen molar-refractivity contribution in [3.63, 3.8) is 0 Å². The van der Waals surface area contributed by atoms with Gasteiger partial charge in [-0.05, 0) is 26.0 Å². The van der Waals surface area contributed by atoms with Crippen LogP contribution in [0.1, 0.15) is 35.5 Å². The number of aryl methyl sites for hydroxylation is 1. The largest absolute Gasteiger partial charge is 0.465 e. The Bertz CT molecular complexity index is 916. The highest BCUT2D eigenvalue weighted by Gasteiger charge is 2.45. The van der Waals surface area contributed by atoms with E-state index in [0.29, 0.717) is 11.3 Å². The number of nitrogens with zero attached hydrogens (tertiary/aromatic N) is 4. The van der Waals surface area contributed by atoms with Gasteiger partial charge in [-0.3, -0.25) is 24.5 Å². The third-order valence-corrected chi connectivity index (χ3v) is 4.52. The van der Waals surface area contributed by atoms with Gasteiger partial charge in [0, 0.05) is 30.3 Å². The summed E-state index contributed by atoms with van der Waals surface area (Å²) in [5, 5.41) is 27.1. The van der Waals surface area contributed by atoms with Gasteiger partial charge < -0.3 is 10.4 Å². The second-order valence-electron chi connectivity index (χ2n) is 6.49. The van der Waals surface area contributed by atoms with E-state index in [1.54, 1.807) is 25.6 Å². The number of amides is 2. The van der Waals surface area contributed by atoms with Gasteiger partial charge >= 0.3 is 6.09 Å². The number of hydrogen-bond donors (Lipinski definition) is 2. The van der Waals surface area contributed by atoms with Gasteiger partial charge in [0.25, 0.3) is 11.6 Å². The summed E-state index contributed by atoms with van der Waals surface area (Å²) in [6.45, 7) is 3.66. The topological polar surface area (TPSA) is 131 Å². The molecule has 0 atom stereocenters. The van der Waals surface area contributed by atoms with Crippen molar-refractivity contribution in [2.75, 3.05) is 5.32 Å². The third-order valence-electron chi connectivity index (χ3n) is 4.52. The van der Waals surface area contributed by atoms with Crippen LogP contribution in [-0.2, 0) is 19.1 Å². The lowest BCUT2D eigenvalue weighted by Gasteiger charge is -2.30. The Labute approximate surface area is 148 Å². The molecule has 0 saturated heterocycles. The molecular formula is C16H17N5O5. The molecule has 0 radical (unpaired) electrons. The third kappa shape index (κ3) is 2.65. The number of anilines is 1. The van der Waals surface area contributed by atoms with E-state index in [1.165, 1.54) is 29.2 Å². The molecule has 0 unspecified atom stereocenters. The van der Waals surface area contributed by atoms with Gasteiger partial charge in [0.05, 0.1) is 22.7 Å². The van der Waals surface area contributed by atoms with E-state index in [-0.39, 0.29) is 23.6 Å². The molecule has 1 aliphatic rings. The Morgan fingerprint density at radius 1 is 1.31 bits per heavy atom. The fourth-order valence-corrected chi connectivity index (χ4v) is 3.29. The maximum absolute atomic E-state index is 12.4. The first-order chi connectivity index (χ1) is 12.1. The molecule has 0 spiro atoms.